The molecule has 1 aliphatic heterocycles. The number of hydrogen-bond acceptors (Lipinski definition) is 3. The van der Waals surface area contributed by atoms with Crippen molar-refractivity contribution < 1.29 is 9.59 Å². The van der Waals surface area contributed by atoms with Crippen LogP contribution in [0.4, 0.5) is 11.4 Å². The fourth-order valence-electron chi connectivity index (χ4n) is 3.11. The maximum Gasteiger partial charge on any atom is 0.229 e. The molecule has 2 aromatic rings. The maximum atomic E-state index is 12.6. The van der Waals surface area contributed by atoms with Gasteiger partial charge in [-0.25, -0.2) is 0 Å². The van der Waals surface area contributed by atoms with E-state index in [1.54, 1.807) is 29.2 Å². The van der Waals surface area contributed by atoms with Crippen LogP contribution in [0.25, 0.3) is 0 Å². The lowest BCUT2D eigenvalue weighted by Gasteiger charge is -2.17. The zero-order chi connectivity index (χ0) is 18.7. The van der Waals surface area contributed by atoms with Crippen molar-refractivity contribution in [2.24, 2.45) is 5.92 Å². The predicted molar refractivity (Wildman–Crippen MR) is 104 cm³/mol. The second-order valence-electron chi connectivity index (χ2n) is 6.81. The zero-order valence-electron chi connectivity index (χ0n) is 14.9. The number of carbonyl (C=O) groups excluding carboxylic acids is 2. The van der Waals surface area contributed by atoms with E-state index >= 15 is 0 Å². The number of anilines is 2. The Morgan fingerprint density at radius 1 is 1.23 bits per heavy atom. The van der Waals surface area contributed by atoms with Crippen molar-refractivity contribution in [3.8, 4) is 0 Å². The first-order valence-corrected chi connectivity index (χ1v) is 8.90. The van der Waals surface area contributed by atoms with E-state index in [9.17, 15) is 9.59 Å². The van der Waals surface area contributed by atoms with Crippen LogP contribution in [0.15, 0.2) is 48.5 Å². The van der Waals surface area contributed by atoms with E-state index in [4.69, 9.17) is 11.6 Å². The molecule has 0 radical (unpaired) electrons. The van der Waals surface area contributed by atoms with E-state index in [2.05, 4.69) is 10.2 Å². The molecule has 1 N–H and O–H groups in total. The second-order valence-corrected chi connectivity index (χ2v) is 7.25. The Morgan fingerprint density at radius 2 is 1.96 bits per heavy atom. The van der Waals surface area contributed by atoms with Crippen LogP contribution in [-0.4, -0.2) is 37.4 Å². The van der Waals surface area contributed by atoms with Gasteiger partial charge in [-0.1, -0.05) is 23.7 Å². The number of benzene rings is 2. The first-order valence-electron chi connectivity index (χ1n) is 8.53. The highest BCUT2D eigenvalue weighted by molar-refractivity contribution is 6.30. The Labute approximate surface area is 158 Å². The van der Waals surface area contributed by atoms with Gasteiger partial charge in [0, 0.05) is 35.9 Å². The molecule has 5 nitrogen and oxygen atoms in total. The van der Waals surface area contributed by atoms with Crippen molar-refractivity contribution in [1.82, 2.24) is 4.90 Å². The highest BCUT2D eigenvalue weighted by Gasteiger charge is 2.35. The number of nitrogens with one attached hydrogen (secondary N) is 1. The Bertz CT molecular complexity index is 805. The molecule has 1 fully saturated rings. The summed E-state index contributed by atoms with van der Waals surface area (Å²) >= 11 is 5.90. The fraction of sp³-hybridized carbons (Fsp3) is 0.300. The molecular formula is C20H22ClN3O2. The lowest BCUT2D eigenvalue weighted by atomic mass is 10.1. The van der Waals surface area contributed by atoms with Gasteiger partial charge in [0.25, 0.3) is 0 Å². The molecule has 0 spiro atoms. The molecule has 0 bridgehead atoms. The average Bonchev–Trinajstić information content (AvgIpc) is 2.97. The summed E-state index contributed by atoms with van der Waals surface area (Å²) in [6, 6.07) is 14.9. The number of carbonyl (C=O) groups is 2. The number of hydrogen-bond donors (Lipinski definition) is 1. The van der Waals surface area contributed by atoms with Crippen molar-refractivity contribution in [3.05, 3.63) is 59.1 Å². The molecule has 0 saturated carbocycles. The van der Waals surface area contributed by atoms with Crippen molar-refractivity contribution in [1.29, 1.82) is 0 Å². The summed E-state index contributed by atoms with van der Waals surface area (Å²) in [5.74, 6) is -0.540. The molecule has 0 aromatic heterocycles. The summed E-state index contributed by atoms with van der Waals surface area (Å²) in [7, 11) is 4.00. The summed E-state index contributed by atoms with van der Waals surface area (Å²) in [6.07, 6.45) is 0.214. The van der Waals surface area contributed by atoms with Crippen LogP contribution in [0.3, 0.4) is 0 Å². The van der Waals surface area contributed by atoms with Gasteiger partial charge in [-0.2, -0.15) is 0 Å². The number of halogens is 1. The smallest absolute Gasteiger partial charge is 0.229 e. The lowest BCUT2D eigenvalue weighted by Crippen LogP contribution is -2.28. The third kappa shape index (κ3) is 4.42. The van der Waals surface area contributed by atoms with Crippen LogP contribution in [0.1, 0.15) is 12.0 Å². The molecule has 1 heterocycles. The molecule has 2 amide bonds. The molecule has 1 unspecified atom stereocenters. The quantitative estimate of drug-likeness (QED) is 0.876. The van der Waals surface area contributed by atoms with Gasteiger partial charge in [-0.3, -0.25) is 9.59 Å². The lowest BCUT2D eigenvalue weighted by molar-refractivity contribution is -0.122. The van der Waals surface area contributed by atoms with Crippen LogP contribution < -0.4 is 10.2 Å². The average molecular weight is 372 g/mol. The van der Waals surface area contributed by atoms with Crippen molar-refractivity contribution >= 4 is 34.8 Å². The Balaban J connectivity index is 1.66. The van der Waals surface area contributed by atoms with E-state index in [1.807, 2.05) is 38.4 Å². The van der Waals surface area contributed by atoms with E-state index in [0.717, 1.165) is 23.5 Å². The Hall–Kier alpha value is -2.37. The standard InChI is InChI=1S/C20H22ClN3O2/c1-23(2)12-14-4-3-5-17(10-14)22-20(26)15-11-19(25)24(13-15)18-8-6-16(21)7-9-18/h3-10,15H,11-13H2,1-2H3,(H,22,26). The molecule has 2 aromatic carbocycles. The fourth-order valence-corrected chi connectivity index (χ4v) is 3.24. The molecule has 3 rings (SSSR count). The van der Waals surface area contributed by atoms with Crippen molar-refractivity contribution in [2.75, 3.05) is 30.9 Å². The summed E-state index contributed by atoms with van der Waals surface area (Å²) in [5.41, 5.74) is 2.65. The number of amides is 2. The highest BCUT2D eigenvalue weighted by atomic mass is 35.5. The van der Waals surface area contributed by atoms with E-state index in [1.165, 1.54) is 0 Å². The SMILES string of the molecule is CN(C)Cc1cccc(NC(=O)C2CC(=O)N(c3ccc(Cl)cc3)C2)c1. The summed E-state index contributed by atoms with van der Waals surface area (Å²) in [5, 5.41) is 3.56. The summed E-state index contributed by atoms with van der Waals surface area (Å²) in [4.78, 5) is 28.6. The van der Waals surface area contributed by atoms with E-state index < -0.39 is 0 Å². The van der Waals surface area contributed by atoms with Gasteiger partial charge in [0.05, 0.1) is 5.92 Å². The van der Waals surface area contributed by atoms with Crippen LogP contribution in [0.2, 0.25) is 5.02 Å². The molecule has 1 aliphatic rings. The first kappa shape index (κ1) is 18.4. The third-order valence-electron chi connectivity index (χ3n) is 4.33. The number of rotatable bonds is 5. The molecule has 136 valence electrons. The molecular weight excluding hydrogens is 350 g/mol. The maximum absolute atomic E-state index is 12.6. The molecule has 6 heteroatoms. The van der Waals surface area contributed by atoms with Gasteiger partial charge in [-0.15, -0.1) is 0 Å². The van der Waals surface area contributed by atoms with E-state index in [0.29, 0.717) is 11.6 Å². The molecule has 0 aliphatic carbocycles. The van der Waals surface area contributed by atoms with Crippen LogP contribution in [-0.2, 0) is 16.1 Å². The summed E-state index contributed by atoms with van der Waals surface area (Å²) < 4.78 is 0. The third-order valence-corrected chi connectivity index (χ3v) is 4.58. The van der Waals surface area contributed by atoms with Gasteiger partial charge >= 0.3 is 0 Å². The minimum Gasteiger partial charge on any atom is -0.326 e. The molecule has 26 heavy (non-hydrogen) atoms. The van der Waals surface area contributed by atoms with Crippen molar-refractivity contribution in [2.45, 2.75) is 13.0 Å². The monoisotopic (exact) mass is 371 g/mol. The first-order chi connectivity index (χ1) is 12.4. The highest BCUT2D eigenvalue weighted by Crippen LogP contribution is 2.27. The minimum atomic E-state index is -0.365. The summed E-state index contributed by atoms with van der Waals surface area (Å²) in [6.45, 7) is 1.18. The zero-order valence-corrected chi connectivity index (χ0v) is 15.7. The number of nitrogens with zero attached hydrogens (tertiary/aromatic N) is 2. The van der Waals surface area contributed by atoms with Crippen LogP contribution >= 0.6 is 11.6 Å². The molecule has 1 saturated heterocycles. The van der Waals surface area contributed by atoms with Gasteiger partial charge in [-0.05, 0) is 56.1 Å². The second kappa shape index (κ2) is 7.89. The van der Waals surface area contributed by atoms with Gasteiger partial charge in [0.1, 0.15) is 0 Å². The molecule has 1 atom stereocenters. The minimum absolute atomic E-state index is 0.0474. The van der Waals surface area contributed by atoms with Crippen LogP contribution in [0, 0.1) is 5.92 Å². The topological polar surface area (TPSA) is 52.7 Å². The van der Waals surface area contributed by atoms with Gasteiger partial charge in [0.15, 0.2) is 0 Å². The van der Waals surface area contributed by atoms with Gasteiger partial charge < -0.3 is 15.1 Å². The predicted octanol–water partition coefficient (Wildman–Crippen LogP) is 3.39. The van der Waals surface area contributed by atoms with Crippen LogP contribution in [0.5, 0.6) is 0 Å². The van der Waals surface area contributed by atoms with E-state index in [-0.39, 0.29) is 24.2 Å². The van der Waals surface area contributed by atoms with Crippen molar-refractivity contribution in [3.63, 3.8) is 0 Å². The van der Waals surface area contributed by atoms with Gasteiger partial charge in [0.2, 0.25) is 11.8 Å². The largest absolute Gasteiger partial charge is 0.326 e. The normalized spacial score (nSPS) is 17.0. The Kier molecular flexibility index (Phi) is 5.59. The Morgan fingerprint density at radius 3 is 2.65 bits per heavy atom.